The Morgan fingerprint density at radius 3 is 2.47 bits per heavy atom. The fourth-order valence-corrected chi connectivity index (χ4v) is 1.95. The summed E-state index contributed by atoms with van der Waals surface area (Å²) >= 11 is 6.09. The zero-order valence-corrected chi connectivity index (χ0v) is 11.0. The van der Waals surface area contributed by atoms with Crippen LogP contribution in [0.5, 0.6) is 11.5 Å². The normalized spacial score (nSPS) is 11.7. The smallest absolute Gasteiger partial charge is 0.141 e. The maximum absolute atomic E-state index is 8.60. The van der Waals surface area contributed by atoms with Gasteiger partial charge in [-0.25, -0.2) is 0 Å². The topological polar surface area (TPSA) is 42.2 Å². The number of nitriles is 1. The van der Waals surface area contributed by atoms with Gasteiger partial charge in [0.1, 0.15) is 11.5 Å². The highest BCUT2D eigenvalue weighted by Crippen LogP contribution is 2.37. The molecule has 17 heavy (non-hydrogen) atoms. The predicted molar refractivity (Wildman–Crippen MR) is 67.8 cm³/mol. The molecule has 0 saturated heterocycles. The molecule has 1 rings (SSSR count). The SMILES string of the molecule is COc1cc(OC)c(C(C)CCC#N)cc1Cl. The molecule has 0 aromatic heterocycles. The number of rotatable bonds is 5. The Hall–Kier alpha value is -1.40. The van der Waals surface area contributed by atoms with Crippen LogP contribution in [0.1, 0.15) is 31.2 Å². The number of hydrogen-bond donors (Lipinski definition) is 0. The molecule has 1 unspecified atom stereocenters. The van der Waals surface area contributed by atoms with E-state index in [1.807, 2.05) is 6.07 Å². The van der Waals surface area contributed by atoms with Crippen LogP contribution in [0.15, 0.2) is 12.1 Å². The van der Waals surface area contributed by atoms with Gasteiger partial charge in [-0.15, -0.1) is 0 Å². The maximum Gasteiger partial charge on any atom is 0.141 e. The van der Waals surface area contributed by atoms with E-state index in [-0.39, 0.29) is 5.92 Å². The molecule has 0 aliphatic heterocycles. The molecule has 0 heterocycles. The van der Waals surface area contributed by atoms with Crippen molar-refractivity contribution in [1.82, 2.24) is 0 Å². The van der Waals surface area contributed by atoms with E-state index in [0.29, 0.717) is 17.2 Å². The van der Waals surface area contributed by atoms with Gasteiger partial charge in [0.05, 0.1) is 25.3 Å². The lowest BCUT2D eigenvalue weighted by Crippen LogP contribution is -1.99. The Balaban J connectivity index is 3.06. The molecule has 0 amide bonds. The average Bonchev–Trinajstić information content (AvgIpc) is 2.35. The molecule has 1 aromatic rings. The second-order valence-corrected chi connectivity index (χ2v) is 4.23. The van der Waals surface area contributed by atoms with Gasteiger partial charge in [-0.3, -0.25) is 0 Å². The van der Waals surface area contributed by atoms with Gasteiger partial charge in [0.2, 0.25) is 0 Å². The van der Waals surface area contributed by atoms with Crippen molar-refractivity contribution in [3.05, 3.63) is 22.7 Å². The van der Waals surface area contributed by atoms with E-state index in [0.717, 1.165) is 17.7 Å². The molecule has 0 bridgehead atoms. The van der Waals surface area contributed by atoms with Crippen LogP contribution in [-0.4, -0.2) is 14.2 Å². The number of benzene rings is 1. The fraction of sp³-hybridized carbons (Fsp3) is 0.462. The molecule has 0 aliphatic carbocycles. The predicted octanol–water partition coefficient (Wildman–Crippen LogP) is 3.76. The first-order valence-electron chi connectivity index (χ1n) is 5.42. The summed E-state index contributed by atoms with van der Waals surface area (Å²) in [5, 5.41) is 9.16. The van der Waals surface area contributed by atoms with E-state index in [1.54, 1.807) is 20.3 Å². The van der Waals surface area contributed by atoms with Gasteiger partial charge in [0.25, 0.3) is 0 Å². The fourth-order valence-electron chi connectivity index (χ4n) is 1.70. The van der Waals surface area contributed by atoms with Crippen molar-refractivity contribution in [3.63, 3.8) is 0 Å². The van der Waals surface area contributed by atoms with Gasteiger partial charge in [0, 0.05) is 12.5 Å². The molecule has 1 aromatic carbocycles. The lowest BCUT2D eigenvalue weighted by Gasteiger charge is -2.16. The van der Waals surface area contributed by atoms with Gasteiger partial charge in [0.15, 0.2) is 0 Å². The van der Waals surface area contributed by atoms with Crippen LogP contribution in [-0.2, 0) is 0 Å². The third-order valence-corrected chi connectivity index (χ3v) is 3.02. The first kappa shape index (κ1) is 13.7. The van der Waals surface area contributed by atoms with Crippen molar-refractivity contribution in [1.29, 1.82) is 5.26 Å². The Morgan fingerprint density at radius 2 is 1.94 bits per heavy atom. The summed E-state index contributed by atoms with van der Waals surface area (Å²) in [5.74, 6) is 1.57. The first-order valence-corrected chi connectivity index (χ1v) is 5.80. The summed E-state index contributed by atoms with van der Waals surface area (Å²) < 4.78 is 10.5. The minimum atomic E-state index is 0.230. The minimum Gasteiger partial charge on any atom is -0.496 e. The summed E-state index contributed by atoms with van der Waals surface area (Å²) in [7, 11) is 3.18. The molecule has 0 saturated carbocycles. The van der Waals surface area contributed by atoms with Crippen LogP contribution >= 0.6 is 11.6 Å². The van der Waals surface area contributed by atoms with Crippen LogP contribution in [0.4, 0.5) is 0 Å². The van der Waals surface area contributed by atoms with Gasteiger partial charge in [-0.2, -0.15) is 5.26 Å². The van der Waals surface area contributed by atoms with Crippen molar-refractivity contribution in [3.8, 4) is 17.6 Å². The maximum atomic E-state index is 8.60. The first-order chi connectivity index (χ1) is 8.13. The van der Waals surface area contributed by atoms with Gasteiger partial charge in [-0.05, 0) is 24.0 Å². The summed E-state index contributed by atoms with van der Waals surface area (Å²) in [6.07, 6.45) is 1.31. The van der Waals surface area contributed by atoms with E-state index in [2.05, 4.69) is 13.0 Å². The molecular formula is C13H16ClNO2. The Kier molecular flexibility index (Phi) is 5.11. The number of hydrogen-bond acceptors (Lipinski definition) is 3. The minimum absolute atomic E-state index is 0.230. The summed E-state index contributed by atoms with van der Waals surface area (Å²) in [5.41, 5.74) is 1.01. The molecule has 0 radical (unpaired) electrons. The monoisotopic (exact) mass is 253 g/mol. The largest absolute Gasteiger partial charge is 0.496 e. The molecule has 3 nitrogen and oxygen atoms in total. The summed E-state index contributed by atoms with van der Waals surface area (Å²) in [6, 6.07) is 5.77. The molecule has 0 N–H and O–H groups in total. The van der Waals surface area contributed by atoms with E-state index in [4.69, 9.17) is 26.3 Å². The van der Waals surface area contributed by atoms with Gasteiger partial charge >= 0.3 is 0 Å². The Bertz CT molecular complexity index is 426. The van der Waals surface area contributed by atoms with Crippen LogP contribution in [0, 0.1) is 11.3 Å². The highest BCUT2D eigenvalue weighted by molar-refractivity contribution is 6.32. The lowest BCUT2D eigenvalue weighted by molar-refractivity contribution is 0.388. The van der Waals surface area contributed by atoms with Crippen LogP contribution in [0.3, 0.4) is 0 Å². The number of ether oxygens (including phenoxy) is 2. The zero-order chi connectivity index (χ0) is 12.8. The highest BCUT2D eigenvalue weighted by Gasteiger charge is 2.15. The third-order valence-electron chi connectivity index (χ3n) is 2.72. The molecule has 0 fully saturated rings. The number of methoxy groups -OCH3 is 2. The van der Waals surface area contributed by atoms with E-state index < -0.39 is 0 Å². The molecule has 0 spiro atoms. The van der Waals surface area contributed by atoms with E-state index in [9.17, 15) is 0 Å². The van der Waals surface area contributed by atoms with Crippen molar-refractivity contribution < 1.29 is 9.47 Å². The van der Waals surface area contributed by atoms with Crippen molar-refractivity contribution in [2.45, 2.75) is 25.7 Å². The molecule has 4 heteroatoms. The second-order valence-electron chi connectivity index (χ2n) is 3.83. The zero-order valence-electron chi connectivity index (χ0n) is 10.3. The van der Waals surface area contributed by atoms with E-state index in [1.165, 1.54) is 0 Å². The summed E-state index contributed by atoms with van der Waals surface area (Å²) in [4.78, 5) is 0. The average molecular weight is 254 g/mol. The third kappa shape index (κ3) is 3.28. The van der Waals surface area contributed by atoms with E-state index >= 15 is 0 Å². The highest BCUT2D eigenvalue weighted by atomic mass is 35.5. The van der Waals surface area contributed by atoms with Crippen LogP contribution in [0.2, 0.25) is 5.02 Å². The van der Waals surface area contributed by atoms with Crippen LogP contribution < -0.4 is 9.47 Å². The second kappa shape index (κ2) is 6.36. The number of halogens is 1. The van der Waals surface area contributed by atoms with Crippen molar-refractivity contribution in [2.75, 3.05) is 14.2 Å². The summed E-state index contributed by atoms with van der Waals surface area (Å²) in [6.45, 7) is 2.05. The Labute approximate surface area is 107 Å². The molecule has 1 atom stereocenters. The molecule has 92 valence electrons. The Morgan fingerprint density at radius 1 is 1.29 bits per heavy atom. The van der Waals surface area contributed by atoms with Gasteiger partial charge in [-0.1, -0.05) is 18.5 Å². The quantitative estimate of drug-likeness (QED) is 0.802. The lowest BCUT2D eigenvalue weighted by atomic mass is 9.95. The molecule has 0 aliphatic rings. The van der Waals surface area contributed by atoms with Crippen molar-refractivity contribution >= 4 is 11.6 Å². The van der Waals surface area contributed by atoms with Gasteiger partial charge < -0.3 is 9.47 Å². The number of nitrogens with zero attached hydrogens (tertiary/aromatic N) is 1. The molecular weight excluding hydrogens is 238 g/mol. The van der Waals surface area contributed by atoms with Crippen molar-refractivity contribution in [2.24, 2.45) is 0 Å². The van der Waals surface area contributed by atoms with Crippen LogP contribution in [0.25, 0.3) is 0 Å². The standard InChI is InChI=1S/C13H16ClNO2/c1-9(5-4-6-15)10-7-11(14)13(17-3)8-12(10)16-2/h7-9H,4-5H2,1-3H3.